The SMILES string of the molecule is CC(C)(C)OC(=O)Nc1cc(NC(=O)Cn2cnc3ccc(Br)cc3c2=O)ccc1F. The predicted octanol–water partition coefficient (Wildman–Crippen LogP) is 4.28. The first-order chi connectivity index (χ1) is 14.5. The fraction of sp³-hybridized carbons (Fsp3) is 0.238. The highest BCUT2D eigenvalue weighted by atomic mass is 79.9. The summed E-state index contributed by atoms with van der Waals surface area (Å²) in [7, 11) is 0. The second-order valence-corrected chi connectivity index (χ2v) is 8.62. The van der Waals surface area contributed by atoms with Crippen molar-refractivity contribution < 1.29 is 18.7 Å². The van der Waals surface area contributed by atoms with Crippen molar-refractivity contribution in [2.45, 2.75) is 32.9 Å². The van der Waals surface area contributed by atoms with Crippen molar-refractivity contribution in [2.24, 2.45) is 0 Å². The van der Waals surface area contributed by atoms with Gasteiger partial charge in [-0.05, 0) is 57.2 Å². The summed E-state index contributed by atoms with van der Waals surface area (Å²) in [5, 5.41) is 5.25. The van der Waals surface area contributed by atoms with Gasteiger partial charge in [0.2, 0.25) is 5.91 Å². The summed E-state index contributed by atoms with van der Waals surface area (Å²) < 4.78 is 21.0. The van der Waals surface area contributed by atoms with E-state index in [-0.39, 0.29) is 23.5 Å². The second kappa shape index (κ2) is 8.84. The number of ether oxygens (including phenoxy) is 1. The van der Waals surface area contributed by atoms with E-state index < -0.39 is 23.4 Å². The van der Waals surface area contributed by atoms with Crippen LogP contribution < -0.4 is 16.2 Å². The first-order valence-electron chi connectivity index (χ1n) is 9.26. The van der Waals surface area contributed by atoms with Crippen LogP contribution in [0.2, 0.25) is 0 Å². The molecule has 8 nitrogen and oxygen atoms in total. The molecule has 0 bridgehead atoms. The maximum absolute atomic E-state index is 14.0. The van der Waals surface area contributed by atoms with Gasteiger partial charge in [-0.1, -0.05) is 15.9 Å². The molecule has 0 aliphatic heterocycles. The van der Waals surface area contributed by atoms with Gasteiger partial charge in [0.15, 0.2) is 0 Å². The van der Waals surface area contributed by atoms with Crippen molar-refractivity contribution >= 4 is 50.2 Å². The van der Waals surface area contributed by atoms with Crippen LogP contribution in [0.1, 0.15) is 20.8 Å². The number of aromatic nitrogens is 2. The molecule has 2 amide bonds. The Kier molecular flexibility index (Phi) is 6.40. The van der Waals surface area contributed by atoms with Gasteiger partial charge in [0.25, 0.3) is 5.56 Å². The molecule has 0 atom stereocenters. The molecule has 3 rings (SSSR count). The molecular formula is C21H20BrFN4O4. The average molecular weight is 491 g/mol. The van der Waals surface area contributed by atoms with E-state index in [4.69, 9.17) is 4.74 Å². The molecule has 3 aromatic rings. The number of carbonyl (C=O) groups excluding carboxylic acids is 2. The maximum Gasteiger partial charge on any atom is 0.412 e. The predicted molar refractivity (Wildman–Crippen MR) is 119 cm³/mol. The van der Waals surface area contributed by atoms with Crippen molar-refractivity contribution in [3.05, 3.63) is 63.4 Å². The Hall–Kier alpha value is -3.27. The molecule has 31 heavy (non-hydrogen) atoms. The number of fused-ring (bicyclic) bond motifs is 1. The standard InChI is InChI=1S/C21H20BrFN4O4/c1-21(2,3)31-20(30)26-17-9-13(5-6-15(17)23)25-18(28)10-27-11-24-16-7-4-12(22)8-14(16)19(27)29/h4-9,11H,10H2,1-3H3,(H,25,28)(H,26,30). The number of anilines is 2. The van der Waals surface area contributed by atoms with Gasteiger partial charge >= 0.3 is 6.09 Å². The van der Waals surface area contributed by atoms with Crippen molar-refractivity contribution in [3.63, 3.8) is 0 Å². The molecule has 0 spiro atoms. The molecular weight excluding hydrogens is 471 g/mol. The number of rotatable bonds is 4. The van der Waals surface area contributed by atoms with Crippen molar-refractivity contribution in [2.75, 3.05) is 10.6 Å². The van der Waals surface area contributed by atoms with E-state index in [1.165, 1.54) is 23.0 Å². The lowest BCUT2D eigenvalue weighted by molar-refractivity contribution is -0.116. The third-order valence-corrected chi connectivity index (χ3v) is 4.48. The van der Waals surface area contributed by atoms with Crippen molar-refractivity contribution in [1.82, 2.24) is 9.55 Å². The van der Waals surface area contributed by atoms with Gasteiger partial charge in [-0.25, -0.2) is 14.2 Å². The molecule has 0 saturated heterocycles. The second-order valence-electron chi connectivity index (χ2n) is 7.71. The van der Waals surface area contributed by atoms with Gasteiger partial charge in [0.1, 0.15) is 18.0 Å². The summed E-state index contributed by atoms with van der Waals surface area (Å²) >= 11 is 3.31. The summed E-state index contributed by atoms with van der Waals surface area (Å²) in [6, 6.07) is 8.80. The van der Waals surface area contributed by atoms with Crippen LogP contribution >= 0.6 is 15.9 Å². The minimum absolute atomic E-state index is 0.151. The Morgan fingerprint density at radius 2 is 1.90 bits per heavy atom. The lowest BCUT2D eigenvalue weighted by atomic mass is 10.2. The lowest BCUT2D eigenvalue weighted by Gasteiger charge is -2.20. The van der Waals surface area contributed by atoms with E-state index in [2.05, 4.69) is 31.5 Å². The van der Waals surface area contributed by atoms with Crippen LogP contribution in [-0.4, -0.2) is 27.2 Å². The number of carbonyl (C=O) groups is 2. The number of nitrogens with zero attached hydrogens (tertiary/aromatic N) is 2. The highest BCUT2D eigenvalue weighted by molar-refractivity contribution is 9.10. The van der Waals surface area contributed by atoms with E-state index in [0.29, 0.717) is 10.9 Å². The molecule has 2 N–H and O–H groups in total. The minimum atomic E-state index is -0.824. The summed E-state index contributed by atoms with van der Waals surface area (Å²) in [4.78, 5) is 41.1. The first-order valence-corrected chi connectivity index (χ1v) is 10.1. The van der Waals surface area contributed by atoms with E-state index in [1.807, 2.05) is 0 Å². The zero-order valence-corrected chi connectivity index (χ0v) is 18.6. The molecule has 0 aliphatic carbocycles. The van der Waals surface area contributed by atoms with Crippen LogP contribution in [-0.2, 0) is 16.1 Å². The van der Waals surface area contributed by atoms with Crippen LogP contribution in [0.3, 0.4) is 0 Å². The summed E-state index contributed by atoms with van der Waals surface area (Å²) in [6.45, 7) is 4.76. The van der Waals surface area contributed by atoms with Crippen LogP contribution in [0.15, 0.2) is 52.0 Å². The summed E-state index contributed by atoms with van der Waals surface area (Å²) in [6.07, 6.45) is 0.466. The Bertz CT molecular complexity index is 1220. The Morgan fingerprint density at radius 1 is 1.16 bits per heavy atom. The number of hydrogen-bond acceptors (Lipinski definition) is 5. The molecule has 162 valence electrons. The number of halogens is 2. The summed E-state index contributed by atoms with van der Waals surface area (Å²) in [5.74, 6) is -1.21. The van der Waals surface area contributed by atoms with Gasteiger partial charge in [-0.2, -0.15) is 0 Å². The molecule has 10 heteroatoms. The molecule has 0 fully saturated rings. The maximum atomic E-state index is 14.0. The van der Waals surface area contributed by atoms with E-state index in [9.17, 15) is 18.8 Å². The number of hydrogen-bond donors (Lipinski definition) is 2. The van der Waals surface area contributed by atoms with Gasteiger partial charge in [-0.15, -0.1) is 0 Å². The fourth-order valence-electron chi connectivity index (χ4n) is 2.71. The number of amides is 2. The zero-order valence-electron chi connectivity index (χ0n) is 17.0. The third-order valence-electron chi connectivity index (χ3n) is 3.99. The van der Waals surface area contributed by atoms with Crippen LogP contribution in [0.25, 0.3) is 10.9 Å². The van der Waals surface area contributed by atoms with Gasteiger partial charge in [0.05, 0.1) is 22.9 Å². The van der Waals surface area contributed by atoms with Crippen LogP contribution in [0.5, 0.6) is 0 Å². The van der Waals surface area contributed by atoms with Crippen LogP contribution in [0, 0.1) is 5.82 Å². The largest absolute Gasteiger partial charge is 0.444 e. The van der Waals surface area contributed by atoms with Gasteiger partial charge < -0.3 is 10.1 Å². The molecule has 0 aliphatic rings. The Balaban J connectivity index is 1.74. The molecule has 1 aromatic heterocycles. The van der Waals surface area contributed by atoms with Gasteiger partial charge in [-0.3, -0.25) is 19.5 Å². The van der Waals surface area contributed by atoms with Crippen LogP contribution in [0.4, 0.5) is 20.6 Å². The highest BCUT2D eigenvalue weighted by Gasteiger charge is 2.18. The zero-order chi connectivity index (χ0) is 22.8. The third kappa shape index (κ3) is 5.88. The number of benzene rings is 2. The molecule has 2 aromatic carbocycles. The number of nitrogens with one attached hydrogen (secondary N) is 2. The molecule has 0 unspecified atom stereocenters. The summed E-state index contributed by atoms with van der Waals surface area (Å²) in [5.41, 5.74) is -0.513. The molecule has 0 radical (unpaired) electrons. The quantitative estimate of drug-likeness (QED) is 0.567. The molecule has 1 heterocycles. The Morgan fingerprint density at radius 3 is 2.61 bits per heavy atom. The topological polar surface area (TPSA) is 102 Å². The van der Waals surface area contributed by atoms with E-state index >= 15 is 0 Å². The first kappa shape index (κ1) is 22.4. The lowest BCUT2D eigenvalue weighted by Crippen LogP contribution is -2.28. The average Bonchev–Trinajstić information content (AvgIpc) is 2.65. The minimum Gasteiger partial charge on any atom is -0.444 e. The van der Waals surface area contributed by atoms with E-state index in [0.717, 1.165) is 10.5 Å². The fourth-order valence-corrected chi connectivity index (χ4v) is 3.07. The van der Waals surface area contributed by atoms with Gasteiger partial charge in [0, 0.05) is 10.2 Å². The van der Waals surface area contributed by atoms with Crippen molar-refractivity contribution in [3.8, 4) is 0 Å². The monoisotopic (exact) mass is 490 g/mol. The normalized spacial score (nSPS) is 11.3. The smallest absolute Gasteiger partial charge is 0.412 e. The molecule has 0 saturated carbocycles. The van der Waals surface area contributed by atoms with Crippen molar-refractivity contribution in [1.29, 1.82) is 0 Å². The highest BCUT2D eigenvalue weighted by Crippen LogP contribution is 2.21. The Labute approximate surface area is 185 Å². The van der Waals surface area contributed by atoms with E-state index in [1.54, 1.807) is 39.0 Å².